The van der Waals surface area contributed by atoms with Gasteiger partial charge in [0.15, 0.2) is 5.75 Å². The van der Waals surface area contributed by atoms with Crippen molar-refractivity contribution in [3.05, 3.63) is 74.1 Å². The number of hydrogen-bond acceptors (Lipinski definition) is 9. The van der Waals surface area contributed by atoms with Gasteiger partial charge in [0, 0.05) is 4.47 Å². The van der Waals surface area contributed by atoms with Crippen LogP contribution in [-0.2, 0) is 14.9 Å². The first-order valence-electron chi connectivity index (χ1n) is 9.57. The van der Waals surface area contributed by atoms with Gasteiger partial charge in [-0.15, -0.1) is 11.3 Å². The van der Waals surface area contributed by atoms with E-state index < -0.39 is 33.1 Å². The van der Waals surface area contributed by atoms with Crippen LogP contribution in [-0.4, -0.2) is 35.8 Å². The Morgan fingerprint density at radius 3 is 2.70 bits per heavy atom. The number of aromatic nitrogens is 3. The van der Waals surface area contributed by atoms with Crippen molar-refractivity contribution in [2.24, 2.45) is 0 Å². The van der Waals surface area contributed by atoms with E-state index in [1.165, 1.54) is 23.5 Å². The van der Waals surface area contributed by atoms with Gasteiger partial charge in [-0.2, -0.15) is 18.2 Å². The Hall–Kier alpha value is -3.09. The summed E-state index contributed by atoms with van der Waals surface area (Å²) in [6.45, 7) is 3.42. The Labute approximate surface area is 200 Å². The number of aryl methyl sites for hydroxylation is 1. The Kier molecular flexibility index (Phi) is 6.32. The molecule has 0 N–H and O–H groups in total. The lowest BCUT2D eigenvalue weighted by atomic mass is 10.3. The number of benzene rings is 2. The number of thiazole rings is 1. The molecule has 0 radical (unpaired) electrons. The summed E-state index contributed by atoms with van der Waals surface area (Å²) in [5.74, 6) is -1.45. The molecule has 0 saturated carbocycles. The van der Waals surface area contributed by atoms with E-state index in [1.54, 1.807) is 37.3 Å². The molecular weight excluding hydrogens is 534 g/mol. The summed E-state index contributed by atoms with van der Waals surface area (Å²) in [5.41, 5.74) is -0.128. The molecule has 12 heteroatoms. The number of hydrogen-bond donors (Lipinski definition) is 0. The first-order chi connectivity index (χ1) is 15.7. The summed E-state index contributed by atoms with van der Waals surface area (Å²) in [6, 6.07) is 11.9. The molecule has 0 spiro atoms. The van der Waals surface area contributed by atoms with Crippen LogP contribution in [0.5, 0.6) is 5.75 Å². The monoisotopic (exact) mass is 549 g/mol. The van der Waals surface area contributed by atoms with E-state index in [0.29, 0.717) is 20.4 Å². The number of halogens is 1. The van der Waals surface area contributed by atoms with E-state index in [0.717, 1.165) is 15.8 Å². The SMILES string of the molecule is CCOC(=O)c1nn(-c2cccc(Br)c2)c(=O)cc1OS(=O)(=O)c1ccc2nc(C)sc2c1. The van der Waals surface area contributed by atoms with Crippen molar-refractivity contribution in [2.45, 2.75) is 18.7 Å². The average molecular weight is 550 g/mol. The minimum atomic E-state index is -4.39. The summed E-state index contributed by atoms with van der Waals surface area (Å²) in [7, 11) is -4.39. The summed E-state index contributed by atoms with van der Waals surface area (Å²) in [6.07, 6.45) is 0. The van der Waals surface area contributed by atoms with Crippen LogP contribution in [0, 0.1) is 6.92 Å². The molecule has 0 aliphatic carbocycles. The maximum absolute atomic E-state index is 13.0. The molecule has 4 rings (SSSR count). The maximum atomic E-state index is 13.0. The van der Waals surface area contributed by atoms with Crippen LogP contribution in [0.2, 0.25) is 0 Å². The predicted molar refractivity (Wildman–Crippen MR) is 126 cm³/mol. The van der Waals surface area contributed by atoms with E-state index in [2.05, 4.69) is 26.0 Å². The van der Waals surface area contributed by atoms with Gasteiger partial charge in [0.05, 0.1) is 33.6 Å². The first-order valence-corrected chi connectivity index (χ1v) is 12.6. The van der Waals surface area contributed by atoms with Gasteiger partial charge in [0.25, 0.3) is 5.56 Å². The molecule has 170 valence electrons. The summed E-state index contributed by atoms with van der Waals surface area (Å²) in [4.78, 5) is 29.4. The molecule has 0 atom stereocenters. The van der Waals surface area contributed by atoms with Gasteiger partial charge in [0.2, 0.25) is 5.69 Å². The lowest BCUT2D eigenvalue weighted by molar-refractivity contribution is 0.0515. The second kappa shape index (κ2) is 9.04. The Morgan fingerprint density at radius 1 is 1.18 bits per heavy atom. The molecule has 0 bridgehead atoms. The zero-order chi connectivity index (χ0) is 23.8. The van der Waals surface area contributed by atoms with Crippen molar-refractivity contribution >= 4 is 53.6 Å². The topological polar surface area (TPSA) is 117 Å². The number of rotatable bonds is 6. The van der Waals surface area contributed by atoms with Crippen molar-refractivity contribution in [3.63, 3.8) is 0 Å². The van der Waals surface area contributed by atoms with Crippen molar-refractivity contribution in [1.82, 2.24) is 14.8 Å². The number of esters is 1. The zero-order valence-electron chi connectivity index (χ0n) is 17.3. The van der Waals surface area contributed by atoms with E-state index in [4.69, 9.17) is 8.92 Å². The van der Waals surface area contributed by atoms with E-state index in [-0.39, 0.29) is 11.5 Å². The van der Waals surface area contributed by atoms with Crippen molar-refractivity contribution in [3.8, 4) is 11.4 Å². The lowest BCUT2D eigenvalue weighted by Crippen LogP contribution is -2.26. The van der Waals surface area contributed by atoms with Crippen LogP contribution < -0.4 is 9.74 Å². The van der Waals surface area contributed by atoms with Crippen LogP contribution in [0.25, 0.3) is 15.9 Å². The van der Waals surface area contributed by atoms with Gasteiger partial charge >= 0.3 is 16.1 Å². The van der Waals surface area contributed by atoms with Crippen LogP contribution in [0.15, 0.2) is 62.7 Å². The molecule has 0 fully saturated rings. The number of ether oxygens (including phenoxy) is 1. The summed E-state index contributed by atoms with van der Waals surface area (Å²) >= 11 is 4.64. The third kappa shape index (κ3) is 4.82. The average Bonchev–Trinajstić information content (AvgIpc) is 3.13. The van der Waals surface area contributed by atoms with Crippen molar-refractivity contribution in [2.75, 3.05) is 6.61 Å². The van der Waals surface area contributed by atoms with E-state index in [9.17, 15) is 18.0 Å². The highest BCUT2D eigenvalue weighted by molar-refractivity contribution is 9.10. The lowest BCUT2D eigenvalue weighted by Gasteiger charge is -2.12. The molecule has 4 aromatic rings. The second-order valence-corrected chi connectivity index (χ2v) is 10.4. The van der Waals surface area contributed by atoms with Gasteiger partial charge in [-0.1, -0.05) is 22.0 Å². The third-order valence-corrected chi connectivity index (χ3v) is 7.03. The Balaban J connectivity index is 1.80. The fourth-order valence-corrected chi connectivity index (χ4v) is 5.26. The number of carbonyl (C=O) groups excluding carboxylic acids is 1. The quantitative estimate of drug-likeness (QED) is 0.263. The van der Waals surface area contributed by atoms with Gasteiger partial charge in [0.1, 0.15) is 4.90 Å². The fraction of sp³-hybridized carbons (Fsp3) is 0.143. The molecule has 0 aliphatic rings. The van der Waals surface area contributed by atoms with Crippen LogP contribution >= 0.6 is 27.3 Å². The van der Waals surface area contributed by atoms with Gasteiger partial charge < -0.3 is 8.92 Å². The van der Waals surface area contributed by atoms with Crippen LogP contribution in [0.3, 0.4) is 0 Å². The van der Waals surface area contributed by atoms with Gasteiger partial charge in [-0.05, 0) is 50.2 Å². The van der Waals surface area contributed by atoms with Gasteiger partial charge in [-0.3, -0.25) is 4.79 Å². The molecule has 2 aromatic carbocycles. The van der Waals surface area contributed by atoms with Crippen LogP contribution in [0.1, 0.15) is 22.4 Å². The highest BCUT2D eigenvalue weighted by Gasteiger charge is 2.26. The largest absolute Gasteiger partial charge is 0.461 e. The third-order valence-electron chi connectivity index (χ3n) is 4.37. The standard InChI is InChI=1S/C21H16BrN3O6S2/c1-3-30-21(27)20-17(11-19(26)25(24-20)14-6-4-5-13(22)9-14)31-33(28,29)15-7-8-16-18(10-15)32-12(2)23-16/h4-11H,3H2,1-2H3. The summed E-state index contributed by atoms with van der Waals surface area (Å²) in [5, 5.41) is 4.83. The molecule has 2 aromatic heterocycles. The first kappa shape index (κ1) is 23.1. The maximum Gasteiger partial charge on any atom is 0.362 e. The highest BCUT2D eigenvalue weighted by atomic mass is 79.9. The highest BCUT2D eigenvalue weighted by Crippen LogP contribution is 2.27. The second-order valence-electron chi connectivity index (χ2n) is 6.71. The molecular formula is C21H16BrN3O6S2. The number of carbonyl (C=O) groups is 1. The van der Waals surface area contributed by atoms with Crippen LogP contribution in [0.4, 0.5) is 0 Å². The molecule has 0 saturated heterocycles. The number of fused-ring (bicyclic) bond motifs is 1. The van der Waals surface area contributed by atoms with Crippen molar-refractivity contribution < 1.29 is 22.1 Å². The fourth-order valence-electron chi connectivity index (χ4n) is 2.98. The molecule has 0 amide bonds. The molecule has 33 heavy (non-hydrogen) atoms. The number of nitrogens with zero attached hydrogens (tertiary/aromatic N) is 3. The predicted octanol–water partition coefficient (Wildman–Crippen LogP) is 3.86. The zero-order valence-corrected chi connectivity index (χ0v) is 20.5. The van der Waals surface area contributed by atoms with E-state index >= 15 is 0 Å². The van der Waals surface area contributed by atoms with Gasteiger partial charge in [-0.25, -0.2) is 9.78 Å². The molecule has 2 heterocycles. The molecule has 9 nitrogen and oxygen atoms in total. The van der Waals surface area contributed by atoms with E-state index in [1.807, 2.05) is 6.92 Å². The minimum absolute atomic E-state index is 0.0180. The summed E-state index contributed by atoms with van der Waals surface area (Å²) < 4.78 is 38.4. The molecule has 0 unspecified atom stereocenters. The minimum Gasteiger partial charge on any atom is -0.461 e. The smallest absolute Gasteiger partial charge is 0.362 e. The molecule has 0 aliphatic heterocycles. The Morgan fingerprint density at radius 2 is 1.97 bits per heavy atom. The Bertz CT molecular complexity index is 1550. The van der Waals surface area contributed by atoms with Crippen molar-refractivity contribution in [1.29, 1.82) is 0 Å². The normalized spacial score (nSPS) is 11.5.